The van der Waals surface area contributed by atoms with Gasteiger partial charge in [0.15, 0.2) is 0 Å². The predicted octanol–water partition coefficient (Wildman–Crippen LogP) is 7.04. The molecule has 2 nitrogen and oxygen atoms in total. The van der Waals surface area contributed by atoms with Crippen LogP contribution in [0.25, 0.3) is 44.0 Å². The van der Waals surface area contributed by atoms with E-state index in [1.165, 1.54) is 49.5 Å². The fraction of sp³-hybridized carbons (Fsp3) is 0.0370. The van der Waals surface area contributed by atoms with Crippen molar-refractivity contribution >= 4 is 32.6 Å². The monoisotopic (exact) mass is 372 g/mol. The highest BCUT2D eigenvalue weighted by molar-refractivity contribution is 6.24. The molecular weight excluding hydrogens is 352 g/mol. The molecule has 0 spiro atoms. The highest BCUT2D eigenvalue weighted by Gasteiger charge is 2.16. The van der Waals surface area contributed by atoms with Gasteiger partial charge in [-0.25, -0.2) is 0 Å². The second-order valence-corrected chi connectivity index (χ2v) is 7.62. The molecule has 0 bridgehead atoms. The van der Waals surface area contributed by atoms with Crippen LogP contribution in [0.5, 0.6) is 0 Å². The second-order valence-electron chi connectivity index (χ2n) is 7.62. The summed E-state index contributed by atoms with van der Waals surface area (Å²) < 4.78 is 4.63. The zero-order valence-corrected chi connectivity index (χ0v) is 16.2. The van der Waals surface area contributed by atoms with E-state index in [1.54, 1.807) is 0 Å². The largest absolute Gasteiger partial charge is 0.316 e. The van der Waals surface area contributed by atoms with E-state index in [0.29, 0.717) is 0 Å². The van der Waals surface area contributed by atoms with Gasteiger partial charge < -0.3 is 9.13 Å². The van der Waals surface area contributed by atoms with E-state index < -0.39 is 0 Å². The molecule has 6 rings (SSSR count). The zero-order chi connectivity index (χ0) is 19.4. The molecule has 29 heavy (non-hydrogen) atoms. The first-order valence-electron chi connectivity index (χ1n) is 9.96. The Bertz CT molecular complexity index is 1490. The van der Waals surface area contributed by atoms with Crippen LogP contribution in [0.2, 0.25) is 0 Å². The molecule has 0 saturated carbocycles. The third-order valence-corrected chi connectivity index (χ3v) is 5.82. The molecule has 0 N–H and O–H groups in total. The van der Waals surface area contributed by atoms with E-state index >= 15 is 0 Å². The first kappa shape index (κ1) is 16.2. The van der Waals surface area contributed by atoms with Crippen LogP contribution in [0.4, 0.5) is 0 Å². The van der Waals surface area contributed by atoms with Crippen molar-refractivity contribution in [1.29, 1.82) is 0 Å². The first-order valence-corrected chi connectivity index (χ1v) is 9.96. The average Bonchev–Trinajstić information content (AvgIpc) is 3.40. The van der Waals surface area contributed by atoms with Crippen LogP contribution >= 0.6 is 0 Å². The lowest BCUT2D eigenvalue weighted by atomic mass is 10.0. The lowest BCUT2D eigenvalue weighted by Gasteiger charge is -2.12. The van der Waals surface area contributed by atoms with Crippen molar-refractivity contribution in [1.82, 2.24) is 9.13 Å². The molecule has 0 fully saturated rings. The molecular formula is C27H20N2. The first-order chi connectivity index (χ1) is 14.3. The predicted molar refractivity (Wildman–Crippen MR) is 122 cm³/mol. The topological polar surface area (TPSA) is 9.86 Å². The van der Waals surface area contributed by atoms with Crippen molar-refractivity contribution in [2.24, 2.45) is 0 Å². The van der Waals surface area contributed by atoms with Gasteiger partial charge in [0, 0.05) is 39.9 Å². The van der Waals surface area contributed by atoms with Gasteiger partial charge in [-0.3, -0.25) is 0 Å². The summed E-state index contributed by atoms with van der Waals surface area (Å²) >= 11 is 0. The molecule has 0 aliphatic heterocycles. The zero-order valence-electron chi connectivity index (χ0n) is 16.2. The third-order valence-electron chi connectivity index (χ3n) is 5.82. The molecule has 0 unspecified atom stereocenters. The SMILES string of the molecule is Cc1ccc2c(c1)c1ccn(-c3ccccc3)c1c1ccn(-c3ccccc3)c21. The summed E-state index contributed by atoms with van der Waals surface area (Å²) in [7, 11) is 0. The number of nitrogens with zero attached hydrogens (tertiary/aromatic N) is 2. The smallest absolute Gasteiger partial charge is 0.0628 e. The maximum absolute atomic E-state index is 2.31. The number of aryl methyl sites for hydroxylation is 1. The summed E-state index contributed by atoms with van der Waals surface area (Å²) in [5.41, 5.74) is 6.17. The Balaban J connectivity index is 1.83. The van der Waals surface area contributed by atoms with Crippen molar-refractivity contribution in [2.45, 2.75) is 6.92 Å². The molecule has 0 radical (unpaired) electrons. The van der Waals surface area contributed by atoms with Gasteiger partial charge in [0.2, 0.25) is 0 Å². The van der Waals surface area contributed by atoms with Gasteiger partial charge in [-0.1, -0.05) is 60.2 Å². The van der Waals surface area contributed by atoms with Crippen LogP contribution < -0.4 is 0 Å². The number of hydrogen-bond donors (Lipinski definition) is 0. The minimum atomic E-state index is 1.18. The number of aromatic nitrogens is 2. The molecule has 0 atom stereocenters. The van der Waals surface area contributed by atoms with E-state index in [4.69, 9.17) is 0 Å². The number of fused-ring (bicyclic) bond motifs is 6. The Morgan fingerprint density at radius 1 is 0.483 bits per heavy atom. The molecule has 0 amide bonds. The molecule has 2 heterocycles. The standard InChI is InChI=1S/C27H20N2/c1-19-12-13-22-25(18-19)23-14-16-28(20-8-4-2-5-9-20)27(23)24-15-17-29(26(22)24)21-10-6-3-7-11-21/h2-18H,1H3. The minimum Gasteiger partial charge on any atom is -0.316 e. The highest BCUT2D eigenvalue weighted by Crippen LogP contribution is 2.38. The van der Waals surface area contributed by atoms with Crippen LogP contribution in [0.15, 0.2) is 103 Å². The highest BCUT2D eigenvalue weighted by atomic mass is 15.0. The molecule has 0 saturated heterocycles. The normalized spacial score (nSPS) is 11.6. The Labute approximate surface area is 169 Å². The quantitative estimate of drug-likeness (QED) is 0.309. The fourth-order valence-electron chi connectivity index (χ4n) is 4.52. The maximum Gasteiger partial charge on any atom is 0.0628 e. The van der Waals surface area contributed by atoms with E-state index in [2.05, 4.69) is 119 Å². The van der Waals surface area contributed by atoms with Gasteiger partial charge in [-0.2, -0.15) is 0 Å². The van der Waals surface area contributed by atoms with Crippen molar-refractivity contribution in [3.8, 4) is 11.4 Å². The Morgan fingerprint density at radius 2 is 1.00 bits per heavy atom. The number of rotatable bonds is 2. The van der Waals surface area contributed by atoms with Gasteiger partial charge in [0.1, 0.15) is 0 Å². The molecule has 0 aliphatic carbocycles. The Morgan fingerprint density at radius 3 is 1.59 bits per heavy atom. The van der Waals surface area contributed by atoms with Gasteiger partial charge in [0.05, 0.1) is 11.0 Å². The van der Waals surface area contributed by atoms with Crippen LogP contribution in [0, 0.1) is 6.92 Å². The van der Waals surface area contributed by atoms with E-state index in [1.807, 2.05) is 0 Å². The summed E-state index contributed by atoms with van der Waals surface area (Å²) in [6.45, 7) is 2.17. The molecule has 4 aromatic carbocycles. The third kappa shape index (κ3) is 2.36. The van der Waals surface area contributed by atoms with Gasteiger partial charge >= 0.3 is 0 Å². The average molecular weight is 372 g/mol. The summed E-state index contributed by atoms with van der Waals surface area (Å²) in [4.78, 5) is 0. The maximum atomic E-state index is 2.31. The van der Waals surface area contributed by atoms with E-state index in [-0.39, 0.29) is 0 Å². The lowest BCUT2D eigenvalue weighted by molar-refractivity contribution is 1.13. The summed E-state index contributed by atoms with van der Waals surface area (Å²) in [6, 6.07) is 32.5. The fourth-order valence-corrected chi connectivity index (χ4v) is 4.52. The number of para-hydroxylation sites is 2. The second kappa shape index (κ2) is 6.11. The number of hydrogen-bond acceptors (Lipinski definition) is 0. The van der Waals surface area contributed by atoms with Crippen LogP contribution in [0.1, 0.15) is 5.56 Å². The number of benzene rings is 4. The summed E-state index contributed by atoms with van der Waals surface area (Å²) in [6.07, 6.45) is 4.39. The molecule has 138 valence electrons. The Hall–Kier alpha value is -3.78. The van der Waals surface area contributed by atoms with Gasteiger partial charge in [0.25, 0.3) is 0 Å². The molecule has 0 aliphatic rings. The van der Waals surface area contributed by atoms with Crippen LogP contribution in [-0.4, -0.2) is 9.13 Å². The van der Waals surface area contributed by atoms with Crippen molar-refractivity contribution < 1.29 is 0 Å². The molecule has 2 heteroatoms. The minimum absolute atomic E-state index is 1.18. The van der Waals surface area contributed by atoms with Crippen molar-refractivity contribution in [3.05, 3.63) is 109 Å². The summed E-state index contributed by atoms with van der Waals surface area (Å²) in [5.74, 6) is 0. The molecule has 6 aromatic rings. The molecule has 2 aromatic heterocycles. The van der Waals surface area contributed by atoms with Crippen LogP contribution in [-0.2, 0) is 0 Å². The van der Waals surface area contributed by atoms with Gasteiger partial charge in [-0.05, 0) is 48.7 Å². The van der Waals surface area contributed by atoms with Crippen molar-refractivity contribution in [2.75, 3.05) is 0 Å². The summed E-state index contributed by atoms with van der Waals surface area (Å²) in [5, 5.41) is 5.16. The lowest BCUT2D eigenvalue weighted by Crippen LogP contribution is -1.95. The Kier molecular flexibility index (Phi) is 3.41. The van der Waals surface area contributed by atoms with E-state index in [9.17, 15) is 0 Å². The van der Waals surface area contributed by atoms with Crippen LogP contribution in [0.3, 0.4) is 0 Å². The van der Waals surface area contributed by atoms with E-state index in [0.717, 1.165) is 0 Å². The van der Waals surface area contributed by atoms with Crippen molar-refractivity contribution in [3.63, 3.8) is 0 Å². The van der Waals surface area contributed by atoms with Gasteiger partial charge in [-0.15, -0.1) is 0 Å².